The molecule has 0 aromatic heterocycles. The largest absolute Gasteiger partial charge is 0.497 e. The fourth-order valence-corrected chi connectivity index (χ4v) is 3.39. The van der Waals surface area contributed by atoms with E-state index in [0.717, 1.165) is 69.5 Å². The van der Waals surface area contributed by atoms with Gasteiger partial charge in [0.05, 0.1) is 27.4 Å². The first-order chi connectivity index (χ1) is 14.2. The summed E-state index contributed by atoms with van der Waals surface area (Å²) in [6.45, 7) is 10.2. The number of likely N-dealkylation sites (tertiary alicyclic amines) is 1. The standard InChI is InChI=1S/C22H38N4O3/c1-5-7-11-29-12-9-24-22(23-6-2)25-19-8-10-26(17-19)16-18-13-20(27-3)15-21(14-18)28-4/h13-15,19H,5-12,16-17H2,1-4H3,(H2,23,24,25). The quantitative estimate of drug-likeness (QED) is 0.316. The van der Waals surface area contributed by atoms with Crippen LogP contribution in [0.5, 0.6) is 11.5 Å². The van der Waals surface area contributed by atoms with Crippen molar-refractivity contribution in [3.63, 3.8) is 0 Å². The van der Waals surface area contributed by atoms with E-state index in [0.29, 0.717) is 19.2 Å². The molecular weight excluding hydrogens is 368 g/mol. The van der Waals surface area contributed by atoms with Crippen molar-refractivity contribution >= 4 is 5.96 Å². The maximum Gasteiger partial charge on any atom is 0.191 e. The summed E-state index contributed by atoms with van der Waals surface area (Å²) >= 11 is 0. The summed E-state index contributed by atoms with van der Waals surface area (Å²) in [6.07, 6.45) is 3.37. The maximum absolute atomic E-state index is 5.60. The van der Waals surface area contributed by atoms with Crippen LogP contribution >= 0.6 is 0 Å². The zero-order valence-electron chi connectivity index (χ0n) is 18.5. The van der Waals surface area contributed by atoms with Crippen molar-refractivity contribution in [3.8, 4) is 11.5 Å². The third-order valence-corrected chi connectivity index (χ3v) is 4.92. The Balaban J connectivity index is 1.82. The summed E-state index contributed by atoms with van der Waals surface area (Å²) in [5.41, 5.74) is 1.20. The molecule has 1 aliphatic heterocycles. The lowest BCUT2D eigenvalue weighted by atomic mass is 10.2. The van der Waals surface area contributed by atoms with Crippen LogP contribution in [0.2, 0.25) is 0 Å². The van der Waals surface area contributed by atoms with Gasteiger partial charge in [0.25, 0.3) is 0 Å². The molecule has 7 heteroatoms. The van der Waals surface area contributed by atoms with Gasteiger partial charge in [-0.1, -0.05) is 13.3 Å². The van der Waals surface area contributed by atoms with E-state index in [1.165, 1.54) is 5.56 Å². The molecule has 0 spiro atoms. The first-order valence-electron chi connectivity index (χ1n) is 10.7. The number of methoxy groups -OCH3 is 2. The van der Waals surface area contributed by atoms with E-state index in [2.05, 4.69) is 46.5 Å². The molecule has 0 saturated carbocycles. The van der Waals surface area contributed by atoms with Crippen LogP contribution in [0.1, 0.15) is 38.7 Å². The zero-order chi connectivity index (χ0) is 20.9. The fourth-order valence-electron chi connectivity index (χ4n) is 3.39. The fraction of sp³-hybridized carbons (Fsp3) is 0.682. The van der Waals surface area contributed by atoms with Crippen molar-refractivity contribution in [1.82, 2.24) is 15.5 Å². The number of nitrogens with zero attached hydrogens (tertiary/aromatic N) is 2. The van der Waals surface area contributed by atoms with Gasteiger partial charge in [0, 0.05) is 44.9 Å². The van der Waals surface area contributed by atoms with E-state index >= 15 is 0 Å². The van der Waals surface area contributed by atoms with Gasteiger partial charge in [-0.2, -0.15) is 0 Å². The summed E-state index contributed by atoms with van der Waals surface area (Å²) in [4.78, 5) is 7.09. The van der Waals surface area contributed by atoms with Gasteiger partial charge in [0.2, 0.25) is 0 Å². The third-order valence-electron chi connectivity index (χ3n) is 4.92. The van der Waals surface area contributed by atoms with Crippen LogP contribution in [0, 0.1) is 0 Å². The van der Waals surface area contributed by atoms with E-state index in [-0.39, 0.29) is 0 Å². The molecule has 2 rings (SSSR count). The van der Waals surface area contributed by atoms with E-state index in [1.807, 2.05) is 6.07 Å². The van der Waals surface area contributed by atoms with Gasteiger partial charge in [-0.05, 0) is 37.5 Å². The van der Waals surface area contributed by atoms with Crippen molar-refractivity contribution in [1.29, 1.82) is 0 Å². The Hall–Kier alpha value is -1.99. The smallest absolute Gasteiger partial charge is 0.191 e. The Kier molecular flexibility index (Phi) is 10.7. The SMILES string of the molecule is CCCCOCCN=C(NCC)NC1CCN(Cc2cc(OC)cc(OC)c2)C1. The second-order valence-corrected chi connectivity index (χ2v) is 7.31. The molecule has 2 N–H and O–H groups in total. The van der Waals surface area contributed by atoms with Gasteiger partial charge in [0.15, 0.2) is 5.96 Å². The van der Waals surface area contributed by atoms with E-state index in [4.69, 9.17) is 14.2 Å². The highest BCUT2D eigenvalue weighted by atomic mass is 16.5. The molecule has 1 atom stereocenters. The number of unbranched alkanes of at least 4 members (excludes halogenated alkanes) is 1. The number of hydrogen-bond acceptors (Lipinski definition) is 5. The Labute approximate surface area is 175 Å². The van der Waals surface area contributed by atoms with Crippen molar-refractivity contribution in [2.75, 3.05) is 53.6 Å². The molecule has 1 unspecified atom stereocenters. The Morgan fingerprint density at radius 1 is 1.14 bits per heavy atom. The predicted molar refractivity (Wildman–Crippen MR) is 118 cm³/mol. The second-order valence-electron chi connectivity index (χ2n) is 7.31. The molecule has 1 aromatic rings. The summed E-state index contributed by atoms with van der Waals surface area (Å²) in [7, 11) is 3.37. The Morgan fingerprint density at radius 3 is 2.55 bits per heavy atom. The molecule has 1 aromatic carbocycles. The Bertz CT molecular complexity index is 602. The second kappa shape index (κ2) is 13.3. The van der Waals surface area contributed by atoms with E-state index in [1.54, 1.807) is 14.2 Å². The minimum Gasteiger partial charge on any atom is -0.497 e. The average molecular weight is 407 g/mol. The molecule has 164 valence electrons. The lowest BCUT2D eigenvalue weighted by Crippen LogP contribution is -2.44. The molecule has 0 amide bonds. The molecule has 0 radical (unpaired) electrons. The Morgan fingerprint density at radius 2 is 1.90 bits per heavy atom. The number of benzene rings is 1. The lowest BCUT2D eigenvalue weighted by Gasteiger charge is -2.19. The van der Waals surface area contributed by atoms with Crippen LogP contribution in [-0.4, -0.2) is 70.5 Å². The van der Waals surface area contributed by atoms with Gasteiger partial charge in [0.1, 0.15) is 11.5 Å². The van der Waals surface area contributed by atoms with Crippen LogP contribution in [0.15, 0.2) is 23.2 Å². The maximum atomic E-state index is 5.60. The highest BCUT2D eigenvalue weighted by molar-refractivity contribution is 5.80. The molecule has 1 aliphatic rings. The van der Waals surface area contributed by atoms with Crippen LogP contribution in [0.3, 0.4) is 0 Å². The van der Waals surface area contributed by atoms with Crippen molar-refractivity contribution in [2.45, 2.75) is 45.7 Å². The molecule has 7 nitrogen and oxygen atoms in total. The molecule has 0 aliphatic carbocycles. The normalized spacial score (nSPS) is 17.4. The highest BCUT2D eigenvalue weighted by Gasteiger charge is 2.23. The van der Waals surface area contributed by atoms with Crippen LogP contribution in [-0.2, 0) is 11.3 Å². The van der Waals surface area contributed by atoms with Gasteiger partial charge >= 0.3 is 0 Å². The summed E-state index contributed by atoms with van der Waals surface area (Å²) in [6, 6.07) is 6.45. The molecule has 1 heterocycles. The predicted octanol–water partition coefficient (Wildman–Crippen LogP) is 2.65. The minimum atomic E-state index is 0.390. The lowest BCUT2D eigenvalue weighted by molar-refractivity contribution is 0.138. The van der Waals surface area contributed by atoms with E-state index in [9.17, 15) is 0 Å². The molecule has 1 saturated heterocycles. The van der Waals surface area contributed by atoms with Crippen molar-refractivity contribution in [2.24, 2.45) is 4.99 Å². The van der Waals surface area contributed by atoms with Gasteiger partial charge in [-0.25, -0.2) is 0 Å². The first-order valence-corrected chi connectivity index (χ1v) is 10.7. The average Bonchev–Trinajstić information content (AvgIpc) is 3.16. The third kappa shape index (κ3) is 8.50. The summed E-state index contributed by atoms with van der Waals surface area (Å²) < 4.78 is 16.4. The monoisotopic (exact) mass is 406 g/mol. The molecule has 29 heavy (non-hydrogen) atoms. The van der Waals surface area contributed by atoms with Crippen LogP contribution in [0.4, 0.5) is 0 Å². The highest BCUT2D eigenvalue weighted by Crippen LogP contribution is 2.24. The van der Waals surface area contributed by atoms with Crippen LogP contribution in [0.25, 0.3) is 0 Å². The number of guanidine groups is 1. The number of ether oxygens (including phenoxy) is 3. The van der Waals surface area contributed by atoms with Crippen molar-refractivity contribution in [3.05, 3.63) is 23.8 Å². The molecular formula is C22H38N4O3. The van der Waals surface area contributed by atoms with Crippen molar-refractivity contribution < 1.29 is 14.2 Å². The number of rotatable bonds is 12. The first kappa shape index (κ1) is 23.3. The summed E-state index contributed by atoms with van der Waals surface area (Å²) in [5.74, 6) is 2.54. The zero-order valence-corrected chi connectivity index (χ0v) is 18.5. The van der Waals surface area contributed by atoms with Gasteiger partial charge in [-0.3, -0.25) is 9.89 Å². The molecule has 0 bridgehead atoms. The van der Waals surface area contributed by atoms with E-state index < -0.39 is 0 Å². The van der Waals surface area contributed by atoms with Crippen LogP contribution < -0.4 is 20.1 Å². The number of hydrogen-bond donors (Lipinski definition) is 2. The minimum absolute atomic E-state index is 0.390. The number of nitrogens with one attached hydrogen (secondary N) is 2. The topological polar surface area (TPSA) is 67.4 Å². The van der Waals surface area contributed by atoms with Gasteiger partial charge in [-0.15, -0.1) is 0 Å². The molecule has 1 fully saturated rings. The summed E-state index contributed by atoms with van der Waals surface area (Å²) in [5, 5.41) is 6.91. The number of aliphatic imine (C=N–C) groups is 1. The van der Waals surface area contributed by atoms with Gasteiger partial charge < -0.3 is 24.8 Å².